The fourth-order valence-corrected chi connectivity index (χ4v) is 0.986. The predicted octanol–water partition coefficient (Wildman–Crippen LogP) is 1.31. The van der Waals surface area contributed by atoms with Crippen molar-refractivity contribution in [2.24, 2.45) is 4.99 Å². The molecule has 0 atom stereocenters. The van der Waals surface area contributed by atoms with Crippen molar-refractivity contribution >= 4 is 32.1 Å². The number of allylic oxidation sites excluding steroid dienone is 1. The molecule has 1 rings (SSSR count). The monoisotopic (exact) mass is 221 g/mol. The Kier molecular flexibility index (Phi) is 1.77. The third kappa shape index (κ3) is 1.40. The number of hydrogen-bond donors (Lipinski definition) is 0. The minimum absolute atomic E-state index is 0.143. The van der Waals surface area contributed by atoms with Crippen LogP contribution in [0.25, 0.3) is 0 Å². The van der Waals surface area contributed by atoms with Gasteiger partial charge in [0, 0.05) is 6.20 Å². The van der Waals surface area contributed by atoms with E-state index in [1.54, 1.807) is 0 Å². The Balaban J connectivity index is 2.73. The molecule has 0 aromatic heterocycles. The van der Waals surface area contributed by atoms with Crippen LogP contribution >= 0.6 is 22.6 Å². The first-order chi connectivity index (χ1) is 3.79. The van der Waals surface area contributed by atoms with Crippen molar-refractivity contribution in [1.82, 2.24) is 0 Å². The maximum Gasteiger partial charge on any atom is 0.163 e. The van der Waals surface area contributed by atoms with Crippen LogP contribution in [0.5, 0.6) is 0 Å². The Morgan fingerprint density at radius 2 is 2.50 bits per heavy atom. The van der Waals surface area contributed by atoms with E-state index in [2.05, 4.69) is 4.99 Å². The number of halogens is 1. The van der Waals surface area contributed by atoms with Gasteiger partial charge < -0.3 is 0 Å². The molecule has 0 aromatic rings. The van der Waals surface area contributed by atoms with Crippen LogP contribution in [0.3, 0.4) is 0 Å². The number of carbonyl (C=O) groups excluding carboxylic acids is 1. The second kappa shape index (κ2) is 2.39. The van der Waals surface area contributed by atoms with E-state index in [0.717, 1.165) is 3.72 Å². The van der Waals surface area contributed by atoms with Crippen molar-refractivity contribution in [2.45, 2.75) is 6.42 Å². The molecule has 0 saturated carbocycles. The van der Waals surface area contributed by atoms with Gasteiger partial charge in [0.25, 0.3) is 0 Å². The molecule has 0 aliphatic carbocycles. The van der Waals surface area contributed by atoms with E-state index in [1.807, 2.05) is 22.6 Å². The molecule has 0 amide bonds. The van der Waals surface area contributed by atoms with Gasteiger partial charge in [-0.3, -0.25) is 9.79 Å². The lowest BCUT2D eigenvalue weighted by molar-refractivity contribution is -0.113. The van der Waals surface area contributed by atoms with Crippen LogP contribution in [0.1, 0.15) is 6.42 Å². The zero-order valence-electron chi connectivity index (χ0n) is 4.10. The van der Waals surface area contributed by atoms with E-state index in [1.165, 1.54) is 12.3 Å². The Hall–Kier alpha value is -0.190. The summed E-state index contributed by atoms with van der Waals surface area (Å²) < 4.78 is 0.870. The van der Waals surface area contributed by atoms with Gasteiger partial charge in [0.15, 0.2) is 5.78 Å². The average molecular weight is 221 g/mol. The predicted molar refractivity (Wildman–Crippen MR) is 40.2 cm³/mol. The lowest BCUT2D eigenvalue weighted by Crippen LogP contribution is -2.01. The van der Waals surface area contributed by atoms with Gasteiger partial charge in [-0.2, -0.15) is 0 Å². The summed E-state index contributed by atoms with van der Waals surface area (Å²) in [6.45, 7) is 0. The van der Waals surface area contributed by atoms with Crippen LogP contribution in [0.4, 0.5) is 0 Å². The molecule has 0 saturated heterocycles. The Labute approximate surface area is 60.8 Å². The molecule has 0 fully saturated rings. The van der Waals surface area contributed by atoms with Crippen LogP contribution < -0.4 is 0 Å². The maximum atomic E-state index is 10.5. The van der Waals surface area contributed by atoms with E-state index in [-0.39, 0.29) is 5.78 Å². The number of carbonyl (C=O) groups is 1. The molecular formula is C5H4INO. The zero-order chi connectivity index (χ0) is 5.98. The molecule has 1 aliphatic rings. The lowest BCUT2D eigenvalue weighted by Gasteiger charge is -1.95. The Bertz CT molecular complexity index is 171. The summed E-state index contributed by atoms with van der Waals surface area (Å²) in [5, 5.41) is 0. The molecule has 0 aromatic carbocycles. The van der Waals surface area contributed by atoms with Crippen molar-refractivity contribution < 1.29 is 4.79 Å². The summed E-state index contributed by atoms with van der Waals surface area (Å²) in [6, 6.07) is 0. The minimum Gasteiger partial charge on any atom is -0.294 e. The highest BCUT2D eigenvalue weighted by Gasteiger charge is 2.03. The highest BCUT2D eigenvalue weighted by molar-refractivity contribution is 14.1. The molecule has 0 N–H and O–H groups in total. The van der Waals surface area contributed by atoms with Crippen molar-refractivity contribution in [1.29, 1.82) is 0 Å². The number of rotatable bonds is 0. The zero-order valence-corrected chi connectivity index (χ0v) is 6.25. The molecule has 8 heavy (non-hydrogen) atoms. The quantitative estimate of drug-likeness (QED) is 0.567. The summed E-state index contributed by atoms with van der Waals surface area (Å²) in [6.07, 6.45) is 3.51. The summed E-state index contributed by atoms with van der Waals surface area (Å²) in [5.41, 5.74) is 0. The number of nitrogens with zero attached hydrogens (tertiary/aromatic N) is 1. The van der Waals surface area contributed by atoms with Gasteiger partial charge in [0.2, 0.25) is 0 Å². The second-order valence-electron chi connectivity index (χ2n) is 1.46. The molecule has 0 unspecified atom stereocenters. The van der Waals surface area contributed by atoms with Crippen molar-refractivity contribution in [3.8, 4) is 0 Å². The van der Waals surface area contributed by atoms with Gasteiger partial charge in [-0.1, -0.05) is 0 Å². The molecule has 1 aliphatic heterocycles. The van der Waals surface area contributed by atoms with Crippen LogP contribution in [-0.2, 0) is 4.79 Å². The van der Waals surface area contributed by atoms with Crippen LogP contribution in [-0.4, -0.2) is 9.50 Å². The smallest absolute Gasteiger partial charge is 0.163 e. The molecule has 0 spiro atoms. The normalized spacial score (nSPS) is 18.6. The Morgan fingerprint density at radius 1 is 1.75 bits per heavy atom. The summed E-state index contributed by atoms with van der Waals surface area (Å²) >= 11 is 2.05. The SMILES string of the molecule is O=C1C=CN=C(I)C1. The standard InChI is InChI=1S/C5H4INO/c6-5-3-4(8)1-2-7-5/h1-2H,3H2. The fourth-order valence-electron chi connectivity index (χ4n) is 0.450. The van der Waals surface area contributed by atoms with Gasteiger partial charge >= 0.3 is 0 Å². The summed E-state index contributed by atoms with van der Waals surface area (Å²) in [4.78, 5) is 14.4. The molecule has 42 valence electrons. The van der Waals surface area contributed by atoms with Gasteiger partial charge in [-0.25, -0.2) is 0 Å². The molecule has 2 nitrogen and oxygen atoms in total. The average Bonchev–Trinajstić information content (AvgIpc) is 1.64. The van der Waals surface area contributed by atoms with Gasteiger partial charge in [-0.05, 0) is 28.7 Å². The van der Waals surface area contributed by atoms with E-state index in [0.29, 0.717) is 6.42 Å². The van der Waals surface area contributed by atoms with Gasteiger partial charge in [-0.15, -0.1) is 0 Å². The summed E-state index contributed by atoms with van der Waals surface area (Å²) in [5.74, 6) is 0.143. The molecule has 3 heteroatoms. The van der Waals surface area contributed by atoms with E-state index in [4.69, 9.17) is 0 Å². The minimum atomic E-state index is 0.143. The lowest BCUT2D eigenvalue weighted by atomic mass is 10.3. The second-order valence-corrected chi connectivity index (χ2v) is 2.71. The largest absolute Gasteiger partial charge is 0.294 e. The fraction of sp³-hybridized carbons (Fsp3) is 0.200. The number of aliphatic imine (C=N–C) groups is 1. The molecule has 0 radical (unpaired) electrons. The van der Waals surface area contributed by atoms with Gasteiger partial charge in [0.1, 0.15) is 0 Å². The van der Waals surface area contributed by atoms with Crippen LogP contribution in [0.2, 0.25) is 0 Å². The van der Waals surface area contributed by atoms with Crippen molar-refractivity contribution in [2.75, 3.05) is 0 Å². The maximum absolute atomic E-state index is 10.5. The third-order valence-corrected chi connectivity index (χ3v) is 1.46. The molecule has 0 bridgehead atoms. The van der Waals surface area contributed by atoms with E-state index >= 15 is 0 Å². The van der Waals surface area contributed by atoms with E-state index < -0.39 is 0 Å². The topological polar surface area (TPSA) is 29.4 Å². The van der Waals surface area contributed by atoms with Gasteiger partial charge in [0.05, 0.1) is 10.1 Å². The third-order valence-electron chi connectivity index (χ3n) is 0.795. The Morgan fingerprint density at radius 3 is 2.88 bits per heavy atom. The molecular weight excluding hydrogens is 217 g/mol. The first-order valence-electron chi connectivity index (χ1n) is 2.20. The van der Waals surface area contributed by atoms with Crippen molar-refractivity contribution in [3.63, 3.8) is 0 Å². The first kappa shape index (κ1) is 5.94. The van der Waals surface area contributed by atoms with Crippen molar-refractivity contribution in [3.05, 3.63) is 12.3 Å². The molecule has 1 heterocycles. The number of hydrogen-bond acceptors (Lipinski definition) is 2. The number of ketones is 1. The highest BCUT2D eigenvalue weighted by Crippen LogP contribution is 2.04. The van der Waals surface area contributed by atoms with Crippen LogP contribution in [0.15, 0.2) is 17.3 Å². The first-order valence-corrected chi connectivity index (χ1v) is 3.28. The highest BCUT2D eigenvalue weighted by atomic mass is 127. The van der Waals surface area contributed by atoms with Crippen LogP contribution in [0, 0.1) is 0 Å². The summed E-state index contributed by atoms with van der Waals surface area (Å²) in [7, 11) is 0. The van der Waals surface area contributed by atoms with E-state index in [9.17, 15) is 4.79 Å².